The number of piperidine rings is 1. The largest absolute Gasteiger partial charge is 0.465 e. The fourth-order valence-corrected chi connectivity index (χ4v) is 5.36. The summed E-state index contributed by atoms with van der Waals surface area (Å²) in [5.74, 6) is 0.123. The summed E-state index contributed by atoms with van der Waals surface area (Å²) < 4.78 is 37.3. The van der Waals surface area contributed by atoms with Crippen LogP contribution < -0.4 is 5.32 Å². The molecule has 4 rings (SSSR count). The number of hydrogen-bond donors (Lipinski definition) is 2. The summed E-state index contributed by atoms with van der Waals surface area (Å²) >= 11 is 0. The predicted molar refractivity (Wildman–Crippen MR) is 139 cm³/mol. The summed E-state index contributed by atoms with van der Waals surface area (Å²) in [7, 11) is -4.77. The van der Waals surface area contributed by atoms with Gasteiger partial charge in [0.15, 0.2) is 0 Å². The van der Waals surface area contributed by atoms with Gasteiger partial charge in [-0.1, -0.05) is 19.6 Å². The van der Waals surface area contributed by atoms with Crippen LogP contribution in [0, 0.1) is 0 Å². The molecule has 1 saturated heterocycles. The van der Waals surface area contributed by atoms with Gasteiger partial charge in [0.05, 0.1) is 17.4 Å². The van der Waals surface area contributed by atoms with Crippen LogP contribution in [0.2, 0.25) is 25.7 Å². The first-order valence-corrected chi connectivity index (χ1v) is 17.5. The Morgan fingerprint density at radius 1 is 1.31 bits per heavy atom. The average molecular weight is 536 g/mol. The number of ether oxygens (including phenoxy) is 1. The summed E-state index contributed by atoms with van der Waals surface area (Å²) in [4.78, 5) is 21.7. The molecular formula is C23H33N5O6SSi. The molecule has 0 aromatic carbocycles. The molecule has 36 heavy (non-hydrogen) atoms. The number of nitrogens with zero attached hydrogens (tertiary/aromatic N) is 4. The van der Waals surface area contributed by atoms with E-state index in [-0.39, 0.29) is 17.0 Å². The van der Waals surface area contributed by atoms with Crippen LogP contribution in [0.1, 0.15) is 12.8 Å². The van der Waals surface area contributed by atoms with E-state index in [1.165, 1.54) is 11.1 Å². The van der Waals surface area contributed by atoms with Crippen molar-refractivity contribution in [3.8, 4) is 11.5 Å². The molecule has 1 fully saturated rings. The number of likely N-dealkylation sites (tertiary alicyclic amines) is 1. The topological polar surface area (TPSA) is 140 Å². The summed E-state index contributed by atoms with van der Waals surface area (Å²) in [5, 5.41) is 13.5. The van der Waals surface area contributed by atoms with E-state index in [9.17, 15) is 18.3 Å². The average Bonchev–Trinajstić information content (AvgIpc) is 3.44. The second-order valence-corrected chi connectivity index (χ2v) is 18.0. The first-order chi connectivity index (χ1) is 16.9. The molecule has 1 atom stereocenters. The van der Waals surface area contributed by atoms with Crippen molar-refractivity contribution in [1.82, 2.24) is 19.4 Å². The summed E-state index contributed by atoms with van der Waals surface area (Å²) in [6.45, 7) is 8.77. The highest BCUT2D eigenvalue weighted by Crippen LogP contribution is 2.35. The number of carbonyl (C=O) groups is 1. The number of fused-ring (bicyclic) bond motifs is 1. The molecule has 0 unspecified atom stereocenters. The van der Waals surface area contributed by atoms with E-state index in [1.54, 1.807) is 6.20 Å². The minimum absolute atomic E-state index is 0.123. The van der Waals surface area contributed by atoms with Crippen LogP contribution in [-0.4, -0.2) is 79.1 Å². The lowest BCUT2D eigenvalue weighted by atomic mass is 10.0. The molecule has 3 aromatic rings. The monoisotopic (exact) mass is 535 g/mol. The van der Waals surface area contributed by atoms with Gasteiger partial charge in [-0.25, -0.2) is 23.2 Å². The van der Waals surface area contributed by atoms with Crippen molar-refractivity contribution in [2.75, 3.05) is 31.3 Å². The molecule has 4 heterocycles. The van der Waals surface area contributed by atoms with Crippen molar-refractivity contribution in [3.63, 3.8) is 0 Å². The molecule has 0 aliphatic carbocycles. The Morgan fingerprint density at radius 3 is 2.75 bits per heavy atom. The number of pyridine rings is 1. The van der Waals surface area contributed by atoms with Gasteiger partial charge in [0, 0.05) is 57.8 Å². The molecule has 1 aliphatic rings. The Balaban J connectivity index is 1.68. The van der Waals surface area contributed by atoms with Gasteiger partial charge in [-0.3, -0.25) is 0 Å². The van der Waals surface area contributed by atoms with Crippen LogP contribution in [0.4, 0.5) is 10.5 Å². The third kappa shape index (κ3) is 6.07. The summed E-state index contributed by atoms with van der Waals surface area (Å²) in [6.07, 6.45) is 6.30. The Kier molecular flexibility index (Phi) is 7.43. The second-order valence-electron chi connectivity index (χ2n) is 10.4. The molecule has 0 bridgehead atoms. The highest BCUT2D eigenvalue weighted by Gasteiger charge is 2.26. The number of rotatable bonds is 9. The first kappa shape index (κ1) is 26.2. The number of aromatic nitrogens is 3. The zero-order chi connectivity index (χ0) is 26.1. The number of nitrogens with one attached hydrogen (secondary N) is 1. The normalized spacial score (nSPS) is 17.0. The van der Waals surface area contributed by atoms with E-state index in [1.807, 2.05) is 16.8 Å². The predicted octanol–water partition coefficient (Wildman–Crippen LogP) is 3.96. The molecule has 2 N–H and O–H groups in total. The van der Waals surface area contributed by atoms with Gasteiger partial charge < -0.3 is 29.0 Å². The SMILES string of the molecule is C[Si](C)(C)CCOCn1ccc2c(N[C@@H]3CCCN(C(=O)O)C3)c(-c3ncc(S(C)(=O)=O)o3)cnc21. The summed E-state index contributed by atoms with van der Waals surface area (Å²) in [6, 6.07) is 2.83. The smallest absolute Gasteiger partial charge is 0.407 e. The number of sulfone groups is 1. The Morgan fingerprint density at radius 2 is 2.08 bits per heavy atom. The quantitative estimate of drug-likeness (QED) is 0.308. The molecule has 13 heteroatoms. The maximum atomic E-state index is 11.9. The molecule has 1 aliphatic heterocycles. The standard InChI is InChI=1S/C23H33N5O6SSi/c1-35(31,32)19-13-25-22(34-19)18-12-24-21-17(7-9-28(21)15-33-10-11-36(2,3)4)20(18)26-16-6-5-8-27(14-16)23(29)30/h7,9,12-13,16H,5-6,8,10-11,14-15H2,1-4H3,(H,24,26)(H,29,30)/t16-/m1/s1. The lowest BCUT2D eigenvalue weighted by molar-refractivity contribution is 0.0899. The van der Waals surface area contributed by atoms with Crippen LogP contribution in [0.15, 0.2) is 34.2 Å². The Hall–Kier alpha value is -2.90. The van der Waals surface area contributed by atoms with Gasteiger partial charge in [0.1, 0.15) is 12.4 Å². The first-order valence-electron chi connectivity index (χ1n) is 11.9. The Bertz CT molecular complexity index is 1350. The van der Waals surface area contributed by atoms with Crippen LogP contribution >= 0.6 is 0 Å². The summed E-state index contributed by atoms with van der Waals surface area (Å²) in [5.41, 5.74) is 1.86. The molecule has 11 nitrogen and oxygen atoms in total. The molecule has 3 aromatic heterocycles. The highest BCUT2D eigenvalue weighted by molar-refractivity contribution is 7.90. The van der Waals surface area contributed by atoms with Gasteiger partial charge in [0.25, 0.3) is 0 Å². The molecule has 0 radical (unpaired) electrons. The number of anilines is 1. The minimum atomic E-state index is -3.57. The second kappa shape index (κ2) is 10.2. The van der Waals surface area contributed by atoms with E-state index < -0.39 is 24.0 Å². The van der Waals surface area contributed by atoms with Gasteiger partial charge in [-0.2, -0.15) is 0 Å². The minimum Gasteiger partial charge on any atom is -0.465 e. The van der Waals surface area contributed by atoms with Gasteiger partial charge in [-0.15, -0.1) is 0 Å². The third-order valence-corrected chi connectivity index (χ3v) is 8.76. The number of amides is 1. The molecule has 196 valence electrons. The van der Waals surface area contributed by atoms with Crippen LogP contribution in [0.25, 0.3) is 22.5 Å². The van der Waals surface area contributed by atoms with Gasteiger partial charge in [0.2, 0.25) is 20.8 Å². The fourth-order valence-electron chi connectivity index (χ4n) is 4.13. The fraction of sp³-hybridized carbons (Fsp3) is 0.522. The lowest BCUT2D eigenvalue weighted by Crippen LogP contribution is -2.44. The van der Waals surface area contributed by atoms with Crippen molar-refractivity contribution >= 4 is 40.7 Å². The van der Waals surface area contributed by atoms with Crippen molar-refractivity contribution in [3.05, 3.63) is 24.7 Å². The zero-order valence-corrected chi connectivity index (χ0v) is 22.8. The van der Waals surface area contributed by atoms with Crippen molar-refractivity contribution in [2.24, 2.45) is 0 Å². The van der Waals surface area contributed by atoms with Crippen molar-refractivity contribution < 1.29 is 27.5 Å². The Labute approximate surface area is 211 Å². The van der Waals surface area contributed by atoms with E-state index in [0.29, 0.717) is 43.3 Å². The maximum absolute atomic E-state index is 11.9. The van der Waals surface area contributed by atoms with Crippen LogP contribution in [0.3, 0.4) is 0 Å². The number of carboxylic acid groups (broad SMARTS) is 1. The van der Waals surface area contributed by atoms with Crippen LogP contribution in [-0.2, 0) is 21.3 Å². The van der Waals surface area contributed by atoms with Crippen molar-refractivity contribution in [1.29, 1.82) is 0 Å². The van der Waals surface area contributed by atoms with E-state index in [2.05, 4.69) is 34.9 Å². The zero-order valence-electron chi connectivity index (χ0n) is 21.0. The third-order valence-electron chi connectivity index (χ3n) is 6.14. The molecule has 0 saturated carbocycles. The van der Waals surface area contributed by atoms with Crippen molar-refractivity contribution in [2.45, 2.75) is 56.4 Å². The maximum Gasteiger partial charge on any atom is 0.407 e. The number of oxazole rings is 1. The van der Waals surface area contributed by atoms with E-state index in [4.69, 9.17) is 9.15 Å². The molecular weight excluding hydrogens is 502 g/mol. The van der Waals surface area contributed by atoms with Gasteiger partial charge >= 0.3 is 6.09 Å². The van der Waals surface area contributed by atoms with Crippen LogP contribution in [0.5, 0.6) is 0 Å². The number of hydrogen-bond acceptors (Lipinski definition) is 8. The molecule has 0 spiro atoms. The van der Waals surface area contributed by atoms with Gasteiger partial charge in [-0.05, 0) is 25.0 Å². The lowest BCUT2D eigenvalue weighted by Gasteiger charge is -2.32. The van der Waals surface area contributed by atoms with E-state index >= 15 is 0 Å². The molecule has 1 amide bonds. The van der Waals surface area contributed by atoms with E-state index in [0.717, 1.165) is 30.5 Å². The highest BCUT2D eigenvalue weighted by atomic mass is 32.2.